The molecule has 4 rings (SSSR count). The van der Waals surface area contributed by atoms with Crippen molar-refractivity contribution in [3.8, 4) is 11.1 Å². The van der Waals surface area contributed by atoms with E-state index in [1.807, 2.05) is 37.3 Å². The van der Waals surface area contributed by atoms with Crippen LogP contribution in [0.1, 0.15) is 27.0 Å². The van der Waals surface area contributed by atoms with E-state index in [1.54, 1.807) is 0 Å². The first-order valence-corrected chi connectivity index (χ1v) is 31.5. The van der Waals surface area contributed by atoms with E-state index in [0.29, 0.717) is 5.56 Å². The Kier molecular flexibility index (Phi) is 5.43. The monoisotopic (exact) mass is 608 g/mol. The van der Waals surface area contributed by atoms with E-state index in [9.17, 15) is 4.79 Å². The zero-order valence-corrected chi connectivity index (χ0v) is 23.1. The molecule has 1 aliphatic rings. The first kappa shape index (κ1) is 21.0. The Morgan fingerprint density at radius 1 is 0.931 bits per heavy atom. The van der Waals surface area contributed by atoms with Crippen LogP contribution < -0.4 is 6.62 Å². The summed E-state index contributed by atoms with van der Waals surface area (Å²) < 4.78 is 4.29. The molecule has 0 aliphatic heterocycles. The fourth-order valence-corrected chi connectivity index (χ4v) is 29.2. The van der Waals surface area contributed by atoms with Crippen LogP contribution in [0.4, 0.5) is 0 Å². The van der Waals surface area contributed by atoms with E-state index in [4.69, 9.17) is 17.2 Å². The van der Waals surface area contributed by atoms with Crippen LogP contribution >= 0.6 is 17.2 Å². The third-order valence-corrected chi connectivity index (χ3v) is 67.7. The molecule has 0 atom stereocenters. The van der Waals surface area contributed by atoms with Crippen LogP contribution in [0, 0.1) is 6.92 Å². The second-order valence-corrected chi connectivity index (χ2v) is 63.4. The van der Waals surface area contributed by atoms with E-state index < -0.39 is 21.6 Å². The Morgan fingerprint density at radius 2 is 1.59 bits per heavy atom. The van der Waals surface area contributed by atoms with Gasteiger partial charge in [-0.3, -0.25) is 0 Å². The molecule has 0 bridgehead atoms. The second-order valence-electron chi connectivity index (χ2n) is 8.17. The molecule has 149 valence electrons. The van der Waals surface area contributed by atoms with Gasteiger partial charge in [0.25, 0.3) is 0 Å². The average molecular weight is 608 g/mol. The maximum absolute atomic E-state index is 13.3. The van der Waals surface area contributed by atoms with Gasteiger partial charge in [0, 0.05) is 0 Å². The normalized spacial score (nSPS) is 14.1. The third kappa shape index (κ3) is 3.48. The Morgan fingerprint density at radius 3 is 2.31 bits per heavy atom. The summed E-state index contributed by atoms with van der Waals surface area (Å²) in [6.07, 6.45) is 0.814. The molecular formula is C23H24Cl2HfNOSi. The molecule has 6 heteroatoms. The van der Waals surface area contributed by atoms with Crippen molar-refractivity contribution in [1.82, 2.24) is 3.30 Å². The van der Waals surface area contributed by atoms with E-state index in [-0.39, 0.29) is 5.91 Å². The summed E-state index contributed by atoms with van der Waals surface area (Å²) in [6.45, 7) is 6.26. The van der Waals surface area contributed by atoms with Gasteiger partial charge in [0.05, 0.1) is 0 Å². The van der Waals surface area contributed by atoms with Gasteiger partial charge in [0.2, 0.25) is 0 Å². The molecule has 0 saturated heterocycles. The number of carbonyl (C=O) groups excluding carboxylic acids is 1. The molecular weight excluding hydrogens is 584 g/mol. The Hall–Kier alpha value is -1.20. The van der Waals surface area contributed by atoms with Crippen molar-refractivity contribution in [1.29, 1.82) is 0 Å². The molecule has 2 nitrogen and oxygen atoms in total. The van der Waals surface area contributed by atoms with E-state index in [0.717, 1.165) is 15.3 Å². The first-order valence-electron chi connectivity index (χ1n) is 9.88. The number of carbonyl (C=O) groups is 1. The van der Waals surface area contributed by atoms with Crippen molar-refractivity contribution in [2.75, 3.05) is 0 Å². The van der Waals surface area contributed by atoms with Crippen LogP contribution in [0.15, 0.2) is 66.7 Å². The molecule has 0 saturated carbocycles. The second kappa shape index (κ2) is 7.49. The predicted molar refractivity (Wildman–Crippen MR) is 124 cm³/mol. The van der Waals surface area contributed by atoms with Gasteiger partial charge in [-0.2, -0.15) is 0 Å². The van der Waals surface area contributed by atoms with Crippen LogP contribution in [0.25, 0.3) is 11.1 Å². The van der Waals surface area contributed by atoms with E-state index >= 15 is 0 Å². The molecule has 0 heterocycles. The van der Waals surface area contributed by atoms with Gasteiger partial charge in [0.15, 0.2) is 0 Å². The molecule has 1 aliphatic carbocycles. The number of amides is 1. The zero-order chi connectivity index (χ0) is 20.8. The van der Waals surface area contributed by atoms with Gasteiger partial charge in [0.1, 0.15) is 0 Å². The van der Waals surface area contributed by atoms with Gasteiger partial charge >= 0.3 is 183 Å². The molecule has 0 radical (unpaired) electrons. The summed E-state index contributed by atoms with van der Waals surface area (Å²) in [4.78, 5) is 13.3. The maximum atomic E-state index is 13.3. The fourth-order valence-electron chi connectivity index (χ4n) is 4.21. The van der Waals surface area contributed by atoms with Gasteiger partial charge in [-0.15, -0.1) is 0 Å². The third-order valence-electron chi connectivity index (χ3n) is 6.09. The number of aryl methyl sites for hydroxylation is 1. The minimum atomic E-state index is -4.94. The Balaban J connectivity index is 1.85. The molecule has 3 aromatic rings. The first-order chi connectivity index (χ1) is 13.7. The van der Waals surface area contributed by atoms with Crippen molar-refractivity contribution in [2.24, 2.45) is 0 Å². The number of hydrogen-bond donors (Lipinski definition) is 1. The summed E-state index contributed by atoms with van der Waals surface area (Å²) in [5.74, 6) is -1.81. The van der Waals surface area contributed by atoms with Gasteiger partial charge in [-0.1, -0.05) is 0 Å². The van der Waals surface area contributed by atoms with Gasteiger partial charge in [-0.05, 0) is 0 Å². The summed E-state index contributed by atoms with van der Waals surface area (Å²) in [6, 6.07) is 22.2. The Bertz CT molecular complexity index is 1130. The number of rotatable bonds is 4. The van der Waals surface area contributed by atoms with Crippen molar-refractivity contribution in [2.45, 2.75) is 26.4 Å². The van der Waals surface area contributed by atoms with Crippen molar-refractivity contribution >= 4 is 32.4 Å². The molecule has 1 N–H and O–H groups in total. The van der Waals surface area contributed by atoms with E-state index in [2.05, 4.69) is 52.8 Å². The topological polar surface area (TPSA) is 29.1 Å². The SMILES string of the molecule is Cc1ccccc1C(=O)[NH][Hf]([Cl])([Cl])([c]1cccc2c1Cc1ccccc1-2)[SiH](C)C. The number of benzene rings is 3. The summed E-state index contributed by atoms with van der Waals surface area (Å²) in [5, 5.41) is 0. The molecule has 3 aromatic carbocycles. The van der Waals surface area contributed by atoms with Crippen molar-refractivity contribution in [3.05, 3.63) is 89.0 Å². The van der Waals surface area contributed by atoms with Crippen LogP contribution in [-0.2, 0) is 22.0 Å². The van der Waals surface area contributed by atoms with Crippen LogP contribution in [0.3, 0.4) is 0 Å². The number of nitrogens with one attached hydrogen (secondary N) is 1. The molecule has 0 fully saturated rings. The predicted octanol–water partition coefficient (Wildman–Crippen LogP) is 5.52. The van der Waals surface area contributed by atoms with Crippen molar-refractivity contribution in [3.63, 3.8) is 0 Å². The number of halogens is 2. The average Bonchev–Trinajstić information content (AvgIpc) is 3.06. The summed E-state index contributed by atoms with van der Waals surface area (Å²) >= 11 is -4.94. The molecule has 29 heavy (non-hydrogen) atoms. The minimum absolute atomic E-state index is 0.155. The summed E-state index contributed by atoms with van der Waals surface area (Å²) in [5.41, 5.74) is 6.49. The zero-order valence-electron chi connectivity index (χ0n) is 16.8. The molecule has 0 spiro atoms. The van der Waals surface area contributed by atoms with Gasteiger partial charge < -0.3 is 0 Å². The standard InChI is InChI=1S/C13H9.C8H9NO.C2H7Si.2ClH.Hf/c1-3-7-12-10(5-1)9-11-6-2-4-8-13(11)12;1-6-4-2-3-5-7(6)8(9)10;1-3-2;;;/h1-5,7-8H,9H2;2-5H,1H3,(H2,9,10);3H,1-2H3;2*1H;/q;;;;;+3/p-3. The molecule has 0 unspecified atom stereocenters. The van der Waals surface area contributed by atoms with E-state index in [1.165, 1.54) is 22.3 Å². The molecule has 0 aromatic heterocycles. The van der Waals surface area contributed by atoms with Crippen LogP contribution in [0.5, 0.6) is 0 Å². The van der Waals surface area contributed by atoms with Gasteiger partial charge in [-0.25, -0.2) is 0 Å². The number of hydrogen-bond acceptors (Lipinski definition) is 1. The Labute approximate surface area is 181 Å². The van der Waals surface area contributed by atoms with Crippen LogP contribution in [-0.4, -0.2) is 11.9 Å². The number of fused-ring (bicyclic) bond motifs is 3. The van der Waals surface area contributed by atoms with Crippen LogP contribution in [0.2, 0.25) is 13.1 Å². The summed E-state index contributed by atoms with van der Waals surface area (Å²) in [7, 11) is 15.0. The van der Waals surface area contributed by atoms with Crippen molar-refractivity contribution < 1.29 is 20.4 Å². The molecule has 1 amide bonds. The fraction of sp³-hybridized carbons (Fsp3) is 0.174. The quantitative estimate of drug-likeness (QED) is 0.305.